The number of carboxylic acid groups (broad SMARTS) is 1. The van der Waals surface area contributed by atoms with E-state index in [1.807, 2.05) is 13.8 Å². The summed E-state index contributed by atoms with van der Waals surface area (Å²) in [6.45, 7) is 3.80. The second kappa shape index (κ2) is 5.18. The standard InChI is InChI=1S/C13H12N2O2S/c1-8-7-14-9(2)12(15-8)18-11-5-3-10(4-6-11)13(16)17/h3-7H,1-2H3,(H,16,17). The second-order valence-corrected chi connectivity index (χ2v) is 4.90. The lowest BCUT2D eigenvalue weighted by molar-refractivity contribution is 0.0697. The van der Waals surface area contributed by atoms with Crippen LogP contribution in [0.1, 0.15) is 21.7 Å². The summed E-state index contributed by atoms with van der Waals surface area (Å²) in [5.41, 5.74) is 2.02. The Hall–Kier alpha value is -1.88. The van der Waals surface area contributed by atoms with Gasteiger partial charge in [-0.05, 0) is 38.1 Å². The van der Waals surface area contributed by atoms with E-state index in [-0.39, 0.29) is 5.56 Å². The van der Waals surface area contributed by atoms with Crippen LogP contribution in [0.15, 0.2) is 40.4 Å². The summed E-state index contributed by atoms with van der Waals surface area (Å²) in [5, 5.41) is 9.66. The van der Waals surface area contributed by atoms with Gasteiger partial charge in [0.15, 0.2) is 0 Å². The van der Waals surface area contributed by atoms with E-state index in [0.717, 1.165) is 21.3 Å². The molecule has 0 spiro atoms. The molecule has 0 bridgehead atoms. The molecule has 0 aliphatic heterocycles. The van der Waals surface area contributed by atoms with Crippen LogP contribution >= 0.6 is 11.8 Å². The highest BCUT2D eigenvalue weighted by atomic mass is 32.2. The normalized spacial score (nSPS) is 10.3. The monoisotopic (exact) mass is 260 g/mol. The molecule has 1 aromatic heterocycles. The van der Waals surface area contributed by atoms with Crippen molar-refractivity contribution in [1.29, 1.82) is 0 Å². The maximum atomic E-state index is 10.7. The summed E-state index contributed by atoms with van der Waals surface area (Å²) >= 11 is 1.48. The van der Waals surface area contributed by atoms with Crippen molar-refractivity contribution in [2.24, 2.45) is 0 Å². The molecule has 2 aromatic rings. The third-order valence-electron chi connectivity index (χ3n) is 2.35. The van der Waals surface area contributed by atoms with E-state index < -0.39 is 5.97 Å². The maximum Gasteiger partial charge on any atom is 0.335 e. The van der Waals surface area contributed by atoms with Crippen LogP contribution in [-0.4, -0.2) is 21.0 Å². The Balaban J connectivity index is 2.23. The van der Waals surface area contributed by atoms with Crippen LogP contribution in [0.2, 0.25) is 0 Å². The quantitative estimate of drug-likeness (QED) is 0.919. The number of aromatic nitrogens is 2. The Morgan fingerprint density at radius 2 is 1.89 bits per heavy atom. The van der Waals surface area contributed by atoms with Crippen molar-refractivity contribution < 1.29 is 9.90 Å². The number of benzene rings is 1. The highest BCUT2D eigenvalue weighted by molar-refractivity contribution is 7.99. The number of rotatable bonds is 3. The Morgan fingerprint density at radius 1 is 1.22 bits per heavy atom. The summed E-state index contributed by atoms with van der Waals surface area (Å²) in [7, 11) is 0. The topological polar surface area (TPSA) is 63.1 Å². The van der Waals surface area contributed by atoms with Crippen molar-refractivity contribution in [2.45, 2.75) is 23.8 Å². The Morgan fingerprint density at radius 3 is 2.50 bits per heavy atom. The van der Waals surface area contributed by atoms with Crippen LogP contribution < -0.4 is 0 Å². The molecule has 0 aliphatic carbocycles. The van der Waals surface area contributed by atoms with Gasteiger partial charge in [0.05, 0.1) is 17.0 Å². The highest BCUT2D eigenvalue weighted by Crippen LogP contribution is 2.27. The molecular weight excluding hydrogens is 248 g/mol. The van der Waals surface area contributed by atoms with Crippen molar-refractivity contribution in [1.82, 2.24) is 9.97 Å². The first-order valence-corrected chi connectivity index (χ1v) is 6.19. The van der Waals surface area contributed by atoms with Gasteiger partial charge < -0.3 is 5.11 Å². The SMILES string of the molecule is Cc1cnc(C)c(Sc2ccc(C(=O)O)cc2)n1. The van der Waals surface area contributed by atoms with Crippen molar-refractivity contribution in [3.63, 3.8) is 0 Å². The van der Waals surface area contributed by atoms with Crippen molar-refractivity contribution in [2.75, 3.05) is 0 Å². The summed E-state index contributed by atoms with van der Waals surface area (Å²) in [6.07, 6.45) is 1.73. The Kier molecular flexibility index (Phi) is 3.62. The van der Waals surface area contributed by atoms with Crippen LogP contribution in [0.25, 0.3) is 0 Å². The molecule has 0 saturated heterocycles. The van der Waals surface area contributed by atoms with Gasteiger partial charge in [0, 0.05) is 11.1 Å². The minimum Gasteiger partial charge on any atom is -0.478 e. The number of carbonyl (C=O) groups is 1. The molecule has 0 aliphatic rings. The molecular formula is C13H12N2O2S. The number of aryl methyl sites for hydroxylation is 2. The first-order chi connectivity index (χ1) is 8.56. The van der Waals surface area contributed by atoms with Crippen LogP contribution in [0.5, 0.6) is 0 Å². The molecule has 1 heterocycles. The molecule has 2 rings (SSSR count). The molecule has 5 heteroatoms. The molecule has 18 heavy (non-hydrogen) atoms. The second-order valence-electron chi connectivity index (χ2n) is 3.83. The molecule has 1 N–H and O–H groups in total. The number of aromatic carboxylic acids is 1. The molecule has 92 valence electrons. The fourth-order valence-corrected chi connectivity index (χ4v) is 2.27. The molecule has 0 saturated carbocycles. The molecule has 0 fully saturated rings. The molecule has 4 nitrogen and oxygen atoms in total. The van der Waals surface area contributed by atoms with Gasteiger partial charge in [-0.25, -0.2) is 9.78 Å². The third kappa shape index (κ3) is 2.87. The van der Waals surface area contributed by atoms with E-state index in [9.17, 15) is 4.79 Å². The highest BCUT2D eigenvalue weighted by Gasteiger charge is 2.06. The van der Waals surface area contributed by atoms with Crippen molar-refractivity contribution in [3.8, 4) is 0 Å². The Bertz CT molecular complexity index is 582. The van der Waals surface area contributed by atoms with E-state index in [0.29, 0.717) is 0 Å². The van der Waals surface area contributed by atoms with Crippen LogP contribution in [0.4, 0.5) is 0 Å². The summed E-state index contributed by atoms with van der Waals surface area (Å²) in [6, 6.07) is 6.72. The van der Waals surface area contributed by atoms with Crippen LogP contribution in [-0.2, 0) is 0 Å². The first kappa shape index (κ1) is 12.6. The lowest BCUT2D eigenvalue weighted by atomic mass is 10.2. The van der Waals surface area contributed by atoms with Gasteiger partial charge in [-0.3, -0.25) is 4.98 Å². The van der Waals surface area contributed by atoms with Crippen LogP contribution in [0, 0.1) is 13.8 Å². The average molecular weight is 260 g/mol. The zero-order chi connectivity index (χ0) is 13.1. The van der Waals surface area contributed by atoms with E-state index in [1.54, 1.807) is 30.5 Å². The fraction of sp³-hybridized carbons (Fsp3) is 0.154. The van der Waals surface area contributed by atoms with E-state index in [1.165, 1.54) is 11.8 Å². The lowest BCUT2D eigenvalue weighted by Gasteiger charge is -2.05. The maximum absolute atomic E-state index is 10.7. The fourth-order valence-electron chi connectivity index (χ4n) is 1.39. The Labute approximate surface area is 109 Å². The zero-order valence-corrected chi connectivity index (χ0v) is 10.9. The minimum absolute atomic E-state index is 0.284. The number of hydrogen-bond acceptors (Lipinski definition) is 4. The smallest absolute Gasteiger partial charge is 0.335 e. The summed E-state index contributed by atoms with van der Waals surface area (Å²) in [4.78, 5) is 20.3. The predicted octanol–water partition coefficient (Wildman–Crippen LogP) is 2.94. The third-order valence-corrected chi connectivity index (χ3v) is 3.44. The van der Waals surface area contributed by atoms with E-state index in [2.05, 4.69) is 9.97 Å². The average Bonchev–Trinajstić information content (AvgIpc) is 2.34. The van der Waals surface area contributed by atoms with Gasteiger partial charge in [-0.2, -0.15) is 0 Å². The molecule has 0 amide bonds. The number of nitrogens with zero attached hydrogens (tertiary/aromatic N) is 2. The zero-order valence-electron chi connectivity index (χ0n) is 10.0. The molecule has 0 unspecified atom stereocenters. The van der Waals surface area contributed by atoms with Gasteiger partial charge in [-0.1, -0.05) is 11.8 Å². The van der Waals surface area contributed by atoms with Gasteiger partial charge in [-0.15, -0.1) is 0 Å². The van der Waals surface area contributed by atoms with E-state index in [4.69, 9.17) is 5.11 Å². The lowest BCUT2D eigenvalue weighted by Crippen LogP contribution is -1.95. The van der Waals surface area contributed by atoms with E-state index >= 15 is 0 Å². The van der Waals surface area contributed by atoms with Crippen LogP contribution in [0.3, 0.4) is 0 Å². The van der Waals surface area contributed by atoms with Gasteiger partial charge >= 0.3 is 5.97 Å². The molecule has 0 atom stereocenters. The number of carboxylic acids is 1. The van der Waals surface area contributed by atoms with Gasteiger partial charge in [0.2, 0.25) is 0 Å². The molecule has 0 radical (unpaired) electrons. The van der Waals surface area contributed by atoms with Gasteiger partial charge in [0.1, 0.15) is 5.03 Å². The summed E-state index contributed by atoms with van der Waals surface area (Å²) in [5.74, 6) is -0.918. The predicted molar refractivity (Wildman–Crippen MR) is 69.0 cm³/mol. The van der Waals surface area contributed by atoms with Gasteiger partial charge in [0.25, 0.3) is 0 Å². The largest absolute Gasteiger partial charge is 0.478 e. The van der Waals surface area contributed by atoms with Crippen molar-refractivity contribution >= 4 is 17.7 Å². The minimum atomic E-state index is -0.918. The summed E-state index contributed by atoms with van der Waals surface area (Å²) < 4.78 is 0. The molecule has 1 aromatic carbocycles. The first-order valence-electron chi connectivity index (χ1n) is 5.38. The number of hydrogen-bond donors (Lipinski definition) is 1. The van der Waals surface area contributed by atoms with Crippen molar-refractivity contribution in [3.05, 3.63) is 47.4 Å².